The minimum atomic E-state index is 0.409. The topological polar surface area (TPSA) is 52.8 Å². The molecule has 0 saturated heterocycles. The molecule has 6 heteroatoms. The zero-order chi connectivity index (χ0) is 11.7. The largest absolute Gasteiger partial charge is 0.435 e. The number of rotatable bonds is 2. The van der Waals surface area contributed by atoms with Crippen molar-refractivity contribution in [2.75, 3.05) is 0 Å². The van der Waals surface area contributed by atoms with E-state index in [0.29, 0.717) is 22.6 Å². The summed E-state index contributed by atoms with van der Waals surface area (Å²) in [5, 5.41) is 4.41. The highest BCUT2D eigenvalue weighted by Crippen LogP contribution is 2.26. The van der Waals surface area contributed by atoms with Gasteiger partial charge in [-0.15, -0.1) is 0 Å². The van der Waals surface area contributed by atoms with Crippen molar-refractivity contribution >= 4 is 11.6 Å². The molecule has 2 rings (SSSR count). The van der Waals surface area contributed by atoms with Gasteiger partial charge >= 0.3 is 0 Å². The van der Waals surface area contributed by atoms with E-state index in [1.165, 1.54) is 0 Å². The lowest BCUT2D eigenvalue weighted by atomic mass is 10.3. The van der Waals surface area contributed by atoms with Crippen molar-refractivity contribution in [2.45, 2.75) is 13.8 Å². The minimum Gasteiger partial charge on any atom is -0.435 e. The molecule has 2 aromatic rings. The first kappa shape index (κ1) is 10.9. The molecule has 2 heterocycles. The van der Waals surface area contributed by atoms with E-state index in [-0.39, 0.29) is 0 Å². The second kappa shape index (κ2) is 4.09. The van der Waals surface area contributed by atoms with Gasteiger partial charge in [-0.1, -0.05) is 11.6 Å². The van der Waals surface area contributed by atoms with E-state index >= 15 is 0 Å². The molecule has 0 aliphatic heterocycles. The van der Waals surface area contributed by atoms with E-state index < -0.39 is 0 Å². The van der Waals surface area contributed by atoms with Crippen LogP contribution in [-0.4, -0.2) is 19.7 Å². The van der Waals surface area contributed by atoms with Crippen molar-refractivity contribution in [1.29, 1.82) is 0 Å². The van der Waals surface area contributed by atoms with Crippen LogP contribution in [0.2, 0.25) is 5.15 Å². The van der Waals surface area contributed by atoms with Crippen molar-refractivity contribution in [3.8, 4) is 11.6 Å². The number of nitrogens with zero attached hydrogens (tertiary/aromatic N) is 4. The summed E-state index contributed by atoms with van der Waals surface area (Å²) in [6.07, 6.45) is 3.37. The Morgan fingerprint density at radius 1 is 1.31 bits per heavy atom. The molecule has 0 radical (unpaired) electrons. The van der Waals surface area contributed by atoms with E-state index in [9.17, 15) is 0 Å². The predicted octanol–water partition coefficient (Wildman–Crippen LogP) is 2.27. The van der Waals surface area contributed by atoms with Crippen molar-refractivity contribution in [3.05, 3.63) is 28.9 Å². The summed E-state index contributed by atoms with van der Waals surface area (Å²) < 4.78 is 7.23. The van der Waals surface area contributed by atoms with Crippen LogP contribution in [0, 0.1) is 13.8 Å². The van der Waals surface area contributed by atoms with E-state index in [4.69, 9.17) is 16.3 Å². The van der Waals surface area contributed by atoms with Crippen molar-refractivity contribution in [3.63, 3.8) is 0 Å². The monoisotopic (exact) mass is 238 g/mol. The standard InChI is InChI=1S/C10H11ClN4O/c1-6-9(11)13-7(2)14-10(6)16-8-4-12-15(3)5-8/h4-5H,1-3H3. The Morgan fingerprint density at radius 3 is 2.69 bits per heavy atom. The quantitative estimate of drug-likeness (QED) is 0.754. The molecule has 0 spiro atoms. The summed E-state index contributed by atoms with van der Waals surface area (Å²) in [6.45, 7) is 3.58. The molecule has 2 aromatic heterocycles. The first-order chi connectivity index (χ1) is 7.56. The average Bonchev–Trinajstić information content (AvgIpc) is 2.60. The van der Waals surface area contributed by atoms with Crippen LogP contribution in [0.1, 0.15) is 11.4 Å². The minimum absolute atomic E-state index is 0.409. The average molecular weight is 239 g/mol. The van der Waals surface area contributed by atoms with Crippen LogP contribution in [0.5, 0.6) is 11.6 Å². The fourth-order valence-electron chi connectivity index (χ4n) is 1.23. The maximum atomic E-state index is 5.94. The summed E-state index contributed by atoms with van der Waals surface area (Å²) in [5.74, 6) is 1.67. The molecule has 0 aromatic carbocycles. The highest BCUT2D eigenvalue weighted by Gasteiger charge is 2.10. The number of halogens is 1. The van der Waals surface area contributed by atoms with Crippen LogP contribution >= 0.6 is 11.6 Å². The van der Waals surface area contributed by atoms with E-state index in [1.807, 2.05) is 14.0 Å². The van der Waals surface area contributed by atoms with Crippen molar-refractivity contribution in [2.24, 2.45) is 7.05 Å². The molecule has 0 N–H and O–H groups in total. The molecule has 0 aliphatic rings. The number of hydrogen-bond acceptors (Lipinski definition) is 4. The SMILES string of the molecule is Cc1nc(Cl)c(C)c(Oc2cnn(C)c2)n1. The summed E-state index contributed by atoms with van der Waals surface area (Å²) in [4.78, 5) is 8.22. The summed E-state index contributed by atoms with van der Waals surface area (Å²) in [5.41, 5.74) is 0.719. The third kappa shape index (κ3) is 2.14. The van der Waals surface area contributed by atoms with Crippen LogP contribution in [-0.2, 0) is 7.05 Å². The number of aromatic nitrogens is 4. The fraction of sp³-hybridized carbons (Fsp3) is 0.300. The molecular weight excluding hydrogens is 228 g/mol. The van der Waals surface area contributed by atoms with Gasteiger partial charge in [0.1, 0.15) is 11.0 Å². The number of hydrogen-bond donors (Lipinski definition) is 0. The van der Waals surface area contributed by atoms with Gasteiger partial charge in [0.25, 0.3) is 0 Å². The third-order valence-electron chi connectivity index (χ3n) is 2.05. The molecule has 0 bridgehead atoms. The molecule has 84 valence electrons. The van der Waals surface area contributed by atoms with Gasteiger partial charge in [0.05, 0.1) is 12.4 Å². The Kier molecular flexibility index (Phi) is 2.78. The first-order valence-corrected chi connectivity index (χ1v) is 5.11. The first-order valence-electron chi connectivity index (χ1n) is 4.73. The van der Waals surface area contributed by atoms with E-state index in [2.05, 4.69) is 15.1 Å². The molecule has 0 saturated carbocycles. The van der Waals surface area contributed by atoms with Crippen LogP contribution in [0.15, 0.2) is 12.4 Å². The lowest BCUT2D eigenvalue weighted by Gasteiger charge is -2.06. The maximum Gasteiger partial charge on any atom is 0.227 e. The van der Waals surface area contributed by atoms with Gasteiger partial charge in [0, 0.05) is 12.6 Å². The van der Waals surface area contributed by atoms with Crippen molar-refractivity contribution in [1.82, 2.24) is 19.7 Å². The Labute approximate surface area is 98.0 Å². The lowest BCUT2D eigenvalue weighted by molar-refractivity contribution is 0.455. The van der Waals surface area contributed by atoms with Gasteiger partial charge in [-0.05, 0) is 13.8 Å². The fourth-order valence-corrected chi connectivity index (χ4v) is 1.44. The molecule has 16 heavy (non-hydrogen) atoms. The zero-order valence-corrected chi connectivity index (χ0v) is 9.99. The van der Waals surface area contributed by atoms with Gasteiger partial charge in [-0.2, -0.15) is 10.1 Å². The number of ether oxygens (including phenoxy) is 1. The Balaban J connectivity index is 2.34. The summed E-state index contributed by atoms with van der Waals surface area (Å²) in [6, 6.07) is 0. The predicted molar refractivity (Wildman–Crippen MR) is 59.8 cm³/mol. The molecule has 0 amide bonds. The van der Waals surface area contributed by atoms with E-state index in [1.54, 1.807) is 24.0 Å². The van der Waals surface area contributed by atoms with Crippen LogP contribution in [0.3, 0.4) is 0 Å². The smallest absolute Gasteiger partial charge is 0.227 e. The second-order valence-corrected chi connectivity index (χ2v) is 3.80. The second-order valence-electron chi connectivity index (χ2n) is 3.44. The normalized spacial score (nSPS) is 10.5. The van der Waals surface area contributed by atoms with Crippen LogP contribution in [0.25, 0.3) is 0 Å². The van der Waals surface area contributed by atoms with Gasteiger partial charge in [0.2, 0.25) is 5.88 Å². The molecule has 5 nitrogen and oxygen atoms in total. The van der Waals surface area contributed by atoms with Crippen LogP contribution < -0.4 is 4.74 Å². The Hall–Kier alpha value is -1.62. The highest BCUT2D eigenvalue weighted by atomic mass is 35.5. The number of aryl methyl sites for hydroxylation is 2. The summed E-state index contributed by atoms with van der Waals surface area (Å²) in [7, 11) is 1.82. The molecular formula is C10H11ClN4O. The van der Waals surface area contributed by atoms with Gasteiger partial charge < -0.3 is 4.74 Å². The third-order valence-corrected chi connectivity index (χ3v) is 2.42. The van der Waals surface area contributed by atoms with Gasteiger partial charge in [-0.3, -0.25) is 4.68 Å². The van der Waals surface area contributed by atoms with Crippen LogP contribution in [0.4, 0.5) is 0 Å². The Morgan fingerprint density at radius 2 is 2.06 bits per heavy atom. The maximum absolute atomic E-state index is 5.94. The molecule has 0 aliphatic carbocycles. The Bertz CT molecular complexity index is 524. The van der Waals surface area contributed by atoms with E-state index in [0.717, 1.165) is 5.56 Å². The lowest BCUT2D eigenvalue weighted by Crippen LogP contribution is -1.97. The molecule has 0 unspecified atom stereocenters. The van der Waals surface area contributed by atoms with Gasteiger partial charge in [-0.25, -0.2) is 4.98 Å². The van der Waals surface area contributed by atoms with Crippen molar-refractivity contribution < 1.29 is 4.74 Å². The molecule has 0 fully saturated rings. The highest BCUT2D eigenvalue weighted by molar-refractivity contribution is 6.30. The zero-order valence-electron chi connectivity index (χ0n) is 9.23. The molecule has 0 atom stereocenters. The summed E-state index contributed by atoms with van der Waals surface area (Å²) >= 11 is 5.94. The van der Waals surface area contributed by atoms with Gasteiger partial charge in [0.15, 0.2) is 5.75 Å².